The van der Waals surface area contributed by atoms with Crippen LogP contribution in [0, 0.1) is 0 Å². The summed E-state index contributed by atoms with van der Waals surface area (Å²) in [6.07, 6.45) is 1.51. The first-order chi connectivity index (χ1) is 9.43. The molecule has 0 atom stereocenters. The van der Waals surface area contributed by atoms with Crippen molar-refractivity contribution in [3.05, 3.63) is 33.8 Å². The van der Waals surface area contributed by atoms with Crippen LogP contribution in [0.1, 0.15) is 5.56 Å². The number of thiocarbonyl (C=S) groups is 1. The van der Waals surface area contributed by atoms with E-state index in [0.29, 0.717) is 11.3 Å². The summed E-state index contributed by atoms with van der Waals surface area (Å²) in [4.78, 5) is 25.1. The molecule has 5 nitrogen and oxygen atoms in total. The predicted octanol–water partition coefficient (Wildman–Crippen LogP) is 1.71. The van der Waals surface area contributed by atoms with Crippen molar-refractivity contribution in [2.45, 2.75) is 0 Å². The average molecular weight is 355 g/mol. The lowest BCUT2D eigenvalue weighted by Crippen LogP contribution is -2.52. The molecule has 1 aromatic rings. The van der Waals surface area contributed by atoms with Gasteiger partial charge in [0.1, 0.15) is 11.3 Å². The van der Waals surface area contributed by atoms with E-state index in [9.17, 15) is 9.59 Å². The fourth-order valence-electron chi connectivity index (χ4n) is 1.68. The number of halogens is 1. The van der Waals surface area contributed by atoms with E-state index in [0.717, 1.165) is 4.47 Å². The first-order valence-electron chi connectivity index (χ1n) is 5.62. The standard InChI is InChI=1S/C13H11BrN2O3S/c1-16-12(18)8(11(17)15-13(16)20)5-7-3-4-10(19-2)9(14)6-7/h3-6H,1-2H3,(H,15,17,20). The van der Waals surface area contributed by atoms with E-state index in [-0.39, 0.29) is 10.7 Å². The van der Waals surface area contributed by atoms with Gasteiger partial charge in [0.2, 0.25) is 0 Å². The summed E-state index contributed by atoms with van der Waals surface area (Å²) in [6, 6.07) is 5.26. The average Bonchev–Trinajstić information content (AvgIpc) is 2.41. The number of methoxy groups -OCH3 is 1. The van der Waals surface area contributed by atoms with Gasteiger partial charge in [0.05, 0.1) is 11.6 Å². The molecule has 1 saturated heterocycles. The van der Waals surface area contributed by atoms with Crippen LogP contribution in [-0.2, 0) is 9.59 Å². The Hall–Kier alpha value is -1.73. The number of benzene rings is 1. The molecule has 1 heterocycles. The first-order valence-corrected chi connectivity index (χ1v) is 6.82. The molecule has 0 aliphatic carbocycles. The van der Waals surface area contributed by atoms with E-state index in [1.807, 2.05) is 0 Å². The normalized spacial score (nSPS) is 17.4. The maximum atomic E-state index is 12.0. The Morgan fingerprint density at radius 3 is 2.70 bits per heavy atom. The van der Waals surface area contributed by atoms with Gasteiger partial charge in [-0.25, -0.2) is 0 Å². The molecule has 104 valence electrons. The van der Waals surface area contributed by atoms with Crippen molar-refractivity contribution in [3.8, 4) is 5.75 Å². The van der Waals surface area contributed by atoms with E-state index < -0.39 is 11.8 Å². The zero-order valence-corrected chi connectivity index (χ0v) is 13.2. The number of nitrogens with one attached hydrogen (secondary N) is 1. The minimum Gasteiger partial charge on any atom is -0.496 e. The number of ether oxygens (including phenoxy) is 1. The van der Waals surface area contributed by atoms with E-state index in [1.165, 1.54) is 18.0 Å². The Balaban J connectivity index is 2.39. The van der Waals surface area contributed by atoms with Crippen molar-refractivity contribution in [1.29, 1.82) is 0 Å². The third-order valence-corrected chi connectivity index (χ3v) is 3.79. The number of hydrogen-bond donors (Lipinski definition) is 1. The smallest absolute Gasteiger partial charge is 0.265 e. The minimum atomic E-state index is -0.495. The summed E-state index contributed by atoms with van der Waals surface area (Å²) in [5.41, 5.74) is 0.746. The first kappa shape index (κ1) is 14.7. The zero-order chi connectivity index (χ0) is 14.9. The Bertz CT molecular complexity index is 643. The van der Waals surface area contributed by atoms with Crippen LogP contribution >= 0.6 is 28.1 Å². The fraction of sp³-hybridized carbons (Fsp3) is 0.154. The lowest BCUT2D eigenvalue weighted by atomic mass is 10.1. The van der Waals surface area contributed by atoms with Gasteiger partial charge in [-0.3, -0.25) is 19.8 Å². The van der Waals surface area contributed by atoms with Crippen LogP contribution in [0.3, 0.4) is 0 Å². The number of hydrogen-bond acceptors (Lipinski definition) is 4. The number of likely N-dealkylation sites (N-methyl/N-ethyl adjacent to an activating group) is 1. The molecule has 0 aromatic heterocycles. The van der Waals surface area contributed by atoms with E-state index in [2.05, 4.69) is 21.2 Å². The largest absolute Gasteiger partial charge is 0.496 e. The number of amides is 2. The Labute approximate surface area is 129 Å². The van der Waals surface area contributed by atoms with Crippen molar-refractivity contribution >= 4 is 51.2 Å². The van der Waals surface area contributed by atoms with Crippen molar-refractivity contribution in [2.75, 3.05) is 14.2 Å². The highest BCUT2D eigenvalue weighted by molar-refractivity contribution is 9.10. The molecular formula is C13H11BrN2O3S. The van der Waals surface area contributed by atoms with E-state index in [4.69, 9.17) is 17.0 Å². The second kappa shape index (κ2) is 5.72. The summed E-state index contributed by atoms with van der Waals surface area (Å²) < 4.78 is 5.86. The van der Waals surface area contributed by atoms with E-state index in [1.54, 1.807) is 25.3 Å². The van der Waals surface area contributed by atoms with Crippen LogP contribution < -0.4 is 10.1 Å². The molecule has 1 aromatic carbocycles. The second-order valence-electron chi connectivity index (χ2n) is 4.08. The Morgan fingerprint density at radius 2 is 2.10 bits per heavy atom. The molecule has 2 amide bonds. The molecule has 1 N–H and O–H groups in total. The molecule has 2 rings (SSSR count). The summed E-state index contributed by atoms with van der Waals surface area (Å²) in [5, 5.41) is 2.56. The lowest BCUT2D eigenvalue weighted by molar-refractivity contribution is -0.128. The number of carbonyl (C=O) groups is 2. The number of carbonyl (C=O) groups excluding carboxylic acids is 2. The molecule has 0 spiro atoms. The molecule has 7 heteroatoms. The van der Waals surface area contributed by atoms with Gasteiger partial charge in [0, 0.05) is 7.05 Å². The van der Waals surface area contributed by atoms with Gasteiger partial charge in [-0.1, -0.05) is 6.07 Å². The highest BCUT2D eigenvalue weighted by Crippen LogP contribution is 2.26. The van der Waals surface area contributed by atoms with Crippen LogP contribution in [-0.4, -0.2) is 36.0 Å². The second-order valence-corrected chi connectivity index (χ2v) is 5.32. The van der Waals surface area contributed by atoms with Crippen LogP contribution in [0.5, 0.6) is 5.75 Å². The van der Waals surface area contributed by atoms with Gasteiger partial charge in [0.25, 0.3) is 11.8 Å². The van der Waals surface area contributed by atoms with Crippen molar-refractivity contribution in [3.63, 3.8) is 0 Å². The van der Waals surface area contributed by atoms with Crippen molar-refractivity contribution < 1.29 is 14.3 Å². The molecule has 20 heavy (non-hydrogen) atoms. The molecular weight excluding hydrogens is 344 g/mol. The highest BCUT2D eigenvalue weighted by atomic mass is 79.9. The molecule has 1 aliphatic rings. The summed E-state index contributed by atoms with van der Waals surface area (Å²) >= 11 is 8.23. The maximum Gasteiger partial charge on any atom is 0.265 e. The summed E-state index contributed by atoms with van der Waals surface area (Å²) in [6.45, 7) is 0. The lowest BCUT2D eigenvalue weighted by Gasteiger charge is -2.25. The minimum absolute atomic E-state index is 0.0400. The highest BCUT2D eigenvalue weighted by Gasteiger charge is 2.30. The van der Waals surface area contributed by atoms with Gasteiger partial charge in [-0.2, -0.15) is 0 Å². The van der Waals surface area contributed by atoms with Crippen molar-refractivity contribution in [2.24, 2.45) is 0 Å². The molecule has 0 radical (unpaired) electrons. The molecule has 0 bridgehead atoms. The van der Waals surface area contributed by atoms with Crippen LogP contribution in [0.2, 0.25) is 0 Å². The quantitative estimate of drug-likeness (QED) is 0.499. The predicted molar refractivity (Wildman–Crippen MR) is 82.2 cm³/mol. The third kappa shape index (κ3) is 2.73. The maximum absolute atomic E-state index is 12.0. The SMILES string of the molecule is COc1ccc(C=C2C(=O)NC(=S)N(C)C2=O)cc1Br. The van der Waals surface area contributed by atoms with Gasteiger partial charge in [0.15, 0.2) is 5.11 Å². The number of rotatable bonds is 2. The van der Waals surface area contributed by atoms with Gasteiger partial charge in [-0.15, -0.1) is 0 Å². The fourth-order valence-corrected chi connectivity index (χ4v) is 2.42. The molecule has 0 unspecified atom stereocenters. The molecule has 0 saturated carbocycles. The van der Waals surface area contributed by atoms with Crippen LogP contribution in [0.4, 0.5) is 0 Å². The van der Waals surface area contributed by atoms with Gasteiger partial charge >= 0.3 is 0 Å². The summed E-state index contributed by atoms with van der Waals surface area (Å²) in [5.74, 6) is -0.249. The van der Waals surface area contributed by atoms with E-state index >= 15 is 0 Å². The van der Waals surface area contributed by atoms with Crippen LogP contribution in [0.15, 0.2) is 28.2 Å². The van der Waals surface area contributed by atoms with Crippen LogP contribution in [0.25, 0.3) is 6.08 Å². The zero-order valence-electron chi connectivity index (χ0n) is 10.8. The topological polar surface area (TPSA) is 58.6 Å². The Morgan fingerprint density at radius 1 is 1.40 bits per heavy atom. The molecule has 1 fully saturated rings. The summed E-state index contributed by atoms with van der Waals surface area (Å²) in [7, 11) is 3.08. The van der Waals surface area contributed by atoms with Gasteiger partial charge in [-0.05, 0) is 51.9 Å². The van der Waals surface area contributed by atoms with Gasteiger partial charge < -0.3 is 4.74 Å². The monoisotopic (exact) mass is 354 g/mol. The third-order valence-electron chi connectivity index (χ3n) is 2.79. The number of nitrogens with zero attached hydrogens (tertiary/aromatic N) is 1. The Kier molecular flexibility index (Phi) is 4.20. The van der Waals surface area contributed by atoms with Crippen molar-refractivity contribution in [1.82, 2.24) is 10.2 Å². The molecule has 1 aliphatic heterocycles.